The molecule has 2 aromatic rings. The van der Waals surface area contributed by atoms with Gasteiger partial charge in [-0.1, -0.05) is 12.1 Å². The van der Waals surface area contributed by atoms with Crippen molar-refractivity contribution in [2.45, 2.75) is 39.2 Å². The SMILES string of the molecule is CC(C)N1CCC[C@H](Cc2cnc(-c3ccc(C(=O)O)cc3)cn2)C1. The van der Waals surface area contributed by atoms with Gasteiger partial charge < -0.3 is 10.0 Å². The molecule has 2 heterocycles. The fourth-order valence-electron chi connectivity index (χ4n) is 3.42. The van der Waals surface area contributed by atoms with Gasteiger partial charge in [-0.05, 0) is 57.7 Å². The van der Waals surface area contributed by atoms with E-state index in [-0.39, 0.29) is 5.56 Å². The highest BCUT2D eigenvalue weighted by Crippen LogP contribution is 2.22. The third-order valence-corrected chi connectivity index (χ3v) is 4.91. The van der Waals surface area contributed by atoms with Gasteiger partial charge in [0.2, 0.25) is 0 Å². The first-order valence-electron chi connectivity index (χ1n) is 8.91. The Balaban J connectivity index is 1.65. The lowest BCUT2D eigenvalue weighted by Crippen LogP contribution is -2.40. The van der Waals surface area contributed by atoms with E-state index in [9.17, 15) is 4.79 Å². The van der Waals surface area contributed by atoms with Crippen molar-refractivity contribution in [3.8, 4) is 11.3 Å². The van der Waals surface area contributed by atoms with Crippen LogP contribution in [0, 0.1) is 5.92 Å². The Kier molecular flexibility index (Phi) is 5.43. The van der Waals surface area contributed by atoms with Gasteiger partial charge >= 0.3 is 5.97 Å². The van der Waals surface area contributed by atoms with Crippen LogP contribution in [0.5, 0.6) is 0 Å². The van der Waals surface area contributed by atoms with E-state index >= 15 is 0 Å². The largest absolute Gasteiger partial charge is 0.478 e. The number of aromatic nitrogens is 2. The molecule has 0 bridgehead atoms. The normalized spacial score (nSPS) is 18.4. The van der Waals surface area contributed by atoms with Gasteiger partial charge in [0.25, 0.3) is 0 Å². The molecule has 25 heavy (non-hydrogen) atoms. The van der Waals surface area contributed by atoms with Gasteiger partial charge in [0, 0.05) is 24.3 Å². The Morgan fingerprint density at radius 2 is 2.00 bits per heavy atom. The number of benzene rings is 1. The Morgan fingerprint density at radius 3 is 2.60 bits per heavy atom. The zero-order chi connectivity index (χ0) is 17.8. The molecule has 1 aromatic heterocycles. The van der Waals surface area contributed by atoms with E-state index in [1.807, 2.05) is 6.20 Å². The maximum absolute atomic E-state index is 10.9. The van der Waals surface area contributed by atoms with Gasteiger partial charge in [0.05, 0.1) is 23.1 Å². The van der Waals surface area contributed by atoms with E-state index in [0.717, 1.165) is 29.9 Å². The molecule has 0 amide bonds. The first kappa shape index (κ1) is 17.5. The summed E-state index contributed by atoms with van der Waals surface area (Å²) in [6.07, 6.45) is 7.12. The van der Waals surface area contributed by atoms with Crippen molar-refractivity contribution in [1.29, 1.82) is 0 Å². The van der Waals surface area contributed by atoms with Crippen molar-refractivity contribution in [3.05, 3.63) is 47.9 Å². The highest BCUT2D eigenvalue weighted by Gasteiger charge is 2.22. The number of nitrogens with zero attached hydrogens (tertiary/aromatic N) is 3. The predicted molar refractivity (Wildman–Crippen MR) is 97.6 cm³/mol. The highest BCUT2D eigenvalue weighted by molar-refractivity contribution is 5.88. The molecule has 0 spiro atoms. The van der Waals surface area contributed by atoms with Gasteiger partial charge in [-0.2, -0.15) is 0 Å². The van der Waals surface area contributed by atoms with Crippen molar-refractivity contribution >= 4 is 5.97 Å². The standard InChI is InChI=1S/C20H25N3O2/c1-14(2)23-9-3-4-15(13-23)10-18-11-22-19(12-21-18)16-5-7-17(8-6-16)20(24)25/h5-8,11-12,14-15H,3-4,9-10,13H2,1-2H3,(H,24,25)/t15-/m1/s1. The smallest absolute Gasteiger partial charge is 0.335 e. The number of carbonyl (C=O) groups is 1. The van der Waals surface area contributed by atoms with Crippen LogP contribution in [-0.2, 0) is 6.42 Å². The summed E-state index contributed by atoms with van der Waals surface area (Å²) in [5.74, 6) is -0.276. The minimum absolute atomic E-state index is 0.278. The molecule has 0 aliphatic carbocycles. The summed E-state index contributed by atoms with van der Waals surface area (Å²) in [5, 5.41) is 8.96. The molecule has 0 radical (unpaired) electrons. The van der Waals surface area contributed by atoms with E-state index < -0.39 is 5.97 Å². The number of aromatic carboxylic acids is 1. The molecule has 5 heteroatoms. The second-order valence-corrected chi connectivity index (χ2v) is 7.08. The van der Waals surface area contributed by atoms with E-state index in [0.29, 0.717) is 12.0 Å². The van der Waals surface area contributed by atoms with Crippen molar-refractivity contribution in [2.24, 2.45) is 5.92 Å². The molecule has 5 nitrogen and oxygen atoms in total. The van der Waals surface area contributed by atoms with Crippen LogP contribution in [0.2, 0.25) is 0 Å². The molecular formula is C20H25N3O2. The number of piperidine rings is 1. The molecule has 0 unspecified atom stereocenters. The topological polar surface area (TPSA) is 66.3 Å². The van der Waals surface area contributed by atoms with Crippen LogP contribution >= 0.6 is 0 Å². The van der Waals surface area contributed by atoms with Gasteiger partial charge in [-0.25, -0.2) is 4.79 Å². The predicted octanol–water partition coefficient (Wildman–Crippen LogP) is 3.50. The molecule has 1 aromatic carbocycles. The Hall–Kier alpha value is -2.27. The van der Waals surface area contributed by atoms with Gasteiger partial charge in [0.15, 0.2) is 0 Å². The Bertz CT molecular complexity index is 711. The highest BCUT2D eigenvalue weighted by atomic mass is 16.4. The number of carboxylic acids is 1. The maximum Gasteiger partial charge on any atom is 0.335 e. The molecule has 1 aliphatic rings. The van der Waals surface area contributed by atoms with Crippen molar-refractivity contribution in [1.82, 2.24) is 14.9 Å². The van der Waals surface area contributed by atoms with Crippen LogP contribution < -0.4 is 0 Å². The molecule has 3 rings (SSSR count). The van der Waals surface area contributed by atoms with Crippen molar-refractivity contribution < 1.29 is 9.90 Å². The van der Waals surface area contributed by atoms with Crippen LogP contribution in [0.3, 0.4) is 0 Å². The average molecular weight is 339 g/mol. The molecule has 1 saturated heterocycles. The van der Waals surface area contributed by atoms with Crippen LogP contribution in [0.25, 0.3) is 11.3 Å². The molecule has 1 N–H and O–H groups in total. The van der Waals surface area contributed by atoms with Crippen LogP contribution in [0.4, 0.5) is 0 Å². The lowest BCUT2D eigenvalue weighted by molar-refractivity contribution is 0.0697. The lowest BCUT2D eigenvalue weighted by Gasteiger charge is -2.35. The van der Waals surface area contributed by atoms with Gasteiger partial charge in [-0.3, -0.25) is 9.97 Å². The number of likely N-dealkylation sites (tertiary alicyclic amines) is 1. The van der Waals surface area contributed by atoms with E-state index in [4.69, 9.17) is 5.11 Å². The summed E-state index contributed by atoms with van der Waals surface area (Å²) >= 11 is 0. The third-order valence-electron chi connectivity index (χ3n) is 4.91. The van der Waals surface area contributed by atoms with Crippen LogP contribution in [0.1, 0.15) is 42.7 Å². The molecule has 1 atom stereocenters. The summed E-state index contributed by atoms with van der Waals surface area (Å²) in [7, 11) is 0. The zero-order valence-corrected chi connectivity index (χ0v) is 14.9. The van der Waals surface area contributed by atoms with Gasteiger partial charge in [-0.15, -0.1) is 0 Å². The minimum atomic E-state index is -0.920. The number of hydrogen-bond donors (Lipinski definition) is 1. The fraction of sp³-hybridized carbons (Fsp3) is 0.450. The fourth-order valence-corrected chi connectivity index (χ4v) is 3.42. The number of carboxylic acid groups (broad SMARTS) is 1. The van der Waals surface area contributed by atoms with Crippen LogP contribution in [-0.4, -0.2) is 45.1 Å². The van der Waals surface area contributed by atoms with E-state index in [1.54, 1.807) is 30.5 Å². The quantitative estimate of drug-likeness (QED) is 0.903. The summed E-state index contributed by atoms with van der Waals surface area (Å²) < 4.78 is 0. The van der Waals surface area contributed by atoms with Crippen LogP contribution in [0.15, 0.2) is 36.7 Å². The molecule has 1 fully saturated rings. The molecule has 132 valence electrons. The summed E-state index contributed by atoms with van der Waals surface area (Å²) in [5.41, 5.74) is 2.96. The second kappa shape index (κ2) is 7.74. The minimum Gasteiger partial charge on any atom is -0.478 e. The first-order valence-corrected chi connectivity index (χ1v) is 8.91. The third kappa shape index (κ3) is 4.42. The second-order valence-electron chi connectivity index (χ2n) is 7.08. The Labute approximate surface area is 148 Å². The van der Waals surface area contributed by atoms with Crippen molar-refractivity contribution in [3.63, 3.8) is 0 Å². The lowest BCUT2D eigenvalue weighted by atomic mass is 9.93. The van der Waals surface area contributed by atoms with E-state index in [1.165, 1.54) is 19.4 Å². The molecule has 1 aliphatic heterocycles. The Morgan fingerprint density at radius 1 is 1.24 bits per heavy atom. The zero-order valence-electron chi connectivity index (χ0n) is 14.9. The summed E-state index contributed by atoms with van der Waals surface area (Å²) in [6, 6.07) is 7.33. The average Bonchev–Trinajstić information content (AvgIpc) is 2.63. The first-order chi connectivity index (χ1) is 12.0. The number of rotatable bonds is 5. The number of hydrogen-bond acceptors (Lipinski definition) is 4. The maximum atomic E-state index is 10.9. The monoisotopic (exact) mass is 339 g/mol. The van der Waals surface area contributed by atoms with E-state index in [2.05, 4.69) is 28.7 Å². The summed E-state index contributed by atoms with van der Waals surface area (Å²) in [6.45, 7) is 6.85. The molecule has 0 saturated carbocycles. The van der Waals surface area contributed by atoms with Crippen molar-refractivity contribution in [2.75, 3.05) is 13.1 Å². The molecular weight excluding hydrogens is 314 g/mol. The summed E-state index contributed by atoms with van der Waals surface area (Å²) in [4.78, 5) is 22.6. The van der Waals surface area contributed by atoms with Gasteiger partial charge in [0.1, 0.15) is 0 Å².